The van der Waals surface area contributed by atoms with Crippen LogP contribution in [0.5, 0.6) is 0 Å². The number of ether oxygens (including phenoxy) is 2. The number of anilines is 2. The molecule has 2 aromatic carbocycles. The summed E-state index contributed by atoms with van der Waals surface area (Å²) in [5, 5.41) is 3.40. The molecule has 0 unspecified atom stereocenters. The number of aryl methyl sites for hydroxylation is 2. The molecule has 29 heavy (non-hydrogen) atoms. The van der Waals surface area contributed by atoms with Crippen LogP contribution in [-0.2, 0) is 16.1 Å². The lowest BCUT2D eigenvalue weighted by atomic mass is 9.86. The standard InChI is InChI=1S/C23H25N3O3/c1-14-10-18-20(11-15(14)2)25-22-23(28-3,21(18)27)6-8-26(22)17-4-5-19-16(12-17)13-29-9-7-24-19/h4-5,10-12,24H,6-9,13H2,1-3H3/t23-/m1/s1. The van der Waals surface area contributed by atoms with Gasteiger partial charge in [-0.3, -0.25) is 4.79 Å². The van der Waals surface area contributed by atoms with Crippen LogP contribution in [0.2, 0.25) is 0 Å². The Balaban J connectivity index is 1.62. The van der Waals surface area contributed by atoms with Crippen molar-refractivity contribution in [3.63, 3.8) is 0 Å². The maximum absolute atomic E-state index is 13.5. The normalized spacial score (nSPS) is 22.9. The van der Waals surface area contributed by atoms with Crippen molar-refractivity contribution in [2.24, 2.45) is 4.99 Å². The Kier molecular flexibility index (Phi) is 4.22. The fourth-order valence-corrected chi connectivity index (χ4v) is 4.49. The van der Waals surface area contributed by atoms with Gasteiger partial charge in [-0.05, 0) is 55.3 Å². The second-order valence-corrected chi connectivity index (χ2v) is 7.97. The molecule has 0 saturated carbocycles. The topological polar surface area (TPSA) is 63.2 Å². The van der Waals surface area contributed by atoms with E-state index in [0.717, 1.165) is 40.3 Å². The van der Waals surface area contributed by atoms with E-state index in [9.17, 15) is 4.79 Å². The molecule has 6 nitrogen and oxygen atoms in total. The summed E-state index contributed by atoms with van der Waals surface area (Å²) in [6.45, 7) is 6.82. The van der Waals surface area contributed by atoms with Crippen molar-refractivity contribution in [2.75, 3.05) is 37.0 Å². The van der Waals surface area contributed by atoms with Crippen molar-refractivity contribution in [3.05, 3.63) is 52.6 Å². The average Bonchev–Trinajstić information content (AvgIpc) is 2.94. The molecule has 150 valence electrons. The van der Waals surface area contributed by atoms with Crippen LogP contribution in [0.25, 0.3) is 0 Å². The summed E-state index contributed by atoms with van der Waals surface area (Å²) in [4.78, 5) is 20.6. The Hall–Kier alpha value is -2.70. The number of rotatable bonds is 2. The lowest BCUT2D eigenvalue weighted by Crippen LogP contribution is -2.50. The highest BCUT2D eigenvalue weighted by molar-refractivity contribution is 6.28. The molecular weight excluding hydrogens is 366 g/mol. The maximum atomic E-state index is 13.5. The lowest BCUT2D eigenvalue weighted by Gasteiger charge is -2.33. The Morgan fingerprint density at radius 3 is 2.86 bits per heavy atom. The molecule has 6 heteroatoms. The largest absolute Gasteiger partial charge is 0.382 e. The minimum absolute atomic E-state index is 0.00496. The van der Waals surface area contributed by atoms with Crippen LogP contribution in [0.4, 0.5) is 17.1 Å². The number of amidine groups is 1. The molecule has 1 fully saturated rings. The van der Waals surface area contributed by atoms with E-state index in [1.807, 2.05) is 26.0 Å². The van der Waals surface area contributed by atoms with Crippen LogP contribution >= 0.6 is 0 Å². The third kappa shape index (κ3) is 2.70. The zero-order valence-corrected chi connectivity index (χ0v) is 17.0. The molecule has 2 aromatic rings. The Morgan fingerprint density at radius 1 is 1.21 bits per heavy atom. The molecule has 0 bridgehead atoms. The van der Waals surface area contributed by atoms with Gasteiger partial charge in [-0.1, -0.05) is 0 Å². The number of fused-ring (bicyclic) bond motifs is 3. The molecule has 1 saturated heterocycles. The molecule has 3 aliphatic heterocycles. The van der Waals surface area contributed by atoms with Crippen LogP contribution in [0.3, 0.4) is 0 Å². The Morgan fingerprint density at radius 2 is 2.03 bits per heavy atom. The summed E-state index contributed by atoms with van der Waals surface area (Å²) < 4.78 is 11.6. The molecule has 3 aliphatic rings. The number of carbonyl (C=O) groups is 1. The molecule has 0 amide bonds. The number of methoxy groups -OCH3 is 1. The highest BCUT2D eigenvalue weighted by Crippen LogP contribution is 2.42. The third-order valence-corrected chi connectivity index (χ3v) is 6.32. The SMILES string of the molecule is CO[C@@]12CCN(c3ccc4c(c3)COCCN4)C1=Nc1cc(C)c(C)cc1C2=O. The first-order chi connectivity index (χ1) is 14.0. The smallest absolute Gasteiger partial charge is 0.204 e. The molecule has 1 atom stereocenters. The Bertz CT molecular complexity index is 1050. The molecule has 5 rings (SSSR count). The fourth-order valence-electron chi connectivity index (χ4n) is 4.49. The van der Waals surface area contributed by atoms with E-state index in [-0.39, 0.29) is 5.78 Å². The van der Waals surface area contributed by atoms with Gasteiger partial charge >= 0.3 is 0 Å². The van der Waals surface area contributed by atoms with Gasteiger partial charge in [0.25, 0.3) is 0 Å². The average molecular weight is 391 g/mol. The monoisotopic (exact) mass is 391 g/mol. The van der Waals surface area contributed by atoms with Gasteiger partial charge in [0.15, 0.2) is 5.60 Å². The third-order valence-electron chi connectivity index (χ3n) is 6.32. The van der Waals surface area contributed by atoms with Gasteiger partial charge in [0.1, 0.15) is 5.84 Å². The first-order valence-corrected chi connectivity index (χ1v) is 10.1. The summed E-state index contributed by atoms with van der Waals surface area (Å²) in [7, 11) is 1.61. The molecule has 0 spiro atoms. The quantitative estimate of drug-likeness (QED) is 0.844. The number of aliphatic imine (C=N–C) groups is 1. The predicted molar refractivity (Wildman–Crippen MR) is 114 cm³/mol. The van der Waals surface area contributed by atoms with Crippen molar-refractivity contribution in [3.8, 4) is 0 Å². The van der Waals surface area contributed by atoms with Crippen molar-refractivity contribution >= 4 is 28.7 Å². The zero-order valence-electron chi connectivity index (χ0n) is 17.0. The molecule has 0 aliphatic carbocycles. The van der Waals surface area contributed by atoms with Crippen LogP contribution in [0.1, 0.15) is 33.5 Å². The van der Waals surface area contributed by atoms with Crippen molar-refractivity contribution in [1.29, 1.82) is 0 Å². The summed E-state index contributed by atoms with van der Waals surface area (Å²) in [5.41, 5.74) is 5.81. The van der Waals surface area contributed by atoms with Crippen molar-refractivity contribution < 1.29 is 14.3 Å². The van der Waals surface area contributed by atoms with Gasteiger partial charge in [0.05, 0.1) is 18.9 Å². The van der Waals surface area contributed by atoms with Gasteiger partial charge in [-0.15, -0.1) is 0 Å². The number of nitrogens with zero attached hydrogens (tertiary/aromatic N) is 2. The molecule has 3 heterocycles. The molecular formula is C23H25N3O3. The summed E-state index contributed by atoms with van der Waals surface area (Å²) in [6.07, 6.45) is 0.583. The molecule has 1 N–H and O–H groups in total. The second-order valence-electron chi connectivity index (χ2n) is 7.97. The first kappa shape index (κ1) is 18.3. The van der Waals surface area contributed by atoms with Crippen molar-refractivity contribution in [2.45, 2.75) is 32.5 Å². The number of ketones is 1. The van der Waals surface area contributed by atoms with Gasteiger partial charge < -0.3 is 19.7 Å². The number of Topliss-reactive ketones (excluding diaryl/α,β-unsaturated/α-hetero) is 1. The van der Waals surface area contributed by atoms with E-state index < -0.39 is 5.60 Å². The molecule has 0 aromatic heterocycles. The van der Waals surface area contributed by atoms with Crippen LogP contribution in [0.15, 0.2) is 35.3 Å². The van der Waals surface area contributed by atoms with E-state index in [1.54, 1.807) is 7.11 Å². The lowest BCUT2D eigenvalue weighted by molar-refractivity contribution is 0.0388. The van der Waals surface area contributed by atoms with Gasteiger partial charge in [0.2, 0.25) is 5.78 Å². The number of hydrogen-bond acceptors (Lipinski definition) is 6. The van der Waals surface area contributed by atoms with Crippen molar-refractivity contribution in [1.82, 2.24) is 0 Å². The summed E-state index contributed by atoms with van der Waals surface area (Å²) in [5.74, 6) is 0.688. The summed E-state index contributed by atoms with van der Waals surface area (Å²) >= 11 is 0. The van der Waals surface area contributed by atoms with Crippen LogP contribution in [-0.4, -0.2) is 44.0 Å². The number of nitrogens with one attached hydrogen (secondary N) is 1. The van der Waals surface area contributed by atoms with E-state index >= 15 is 0 Å². The number of hydrogen-bond donors (Lipinski definition) is 1. The van der Waals surface area contributed by atoms with Gasteiger partial charge in [-0.2, -0.15) is 0 Å². The first-order valence-electron chi connectivity index (χ1n) is 10.1. The fraction of sp³-hybridized carbons (Fsp3) is 0.391. The minimum Gasteiger partial charge on any atom is -0.382 e. The van der Waals surface area contributed by atoms with E-state index in [0.29, 0.717) is 37.6 Å². The minimum atomic E-state index is -1.02. The van der Waals surface area contributed by atoms with Crippen LogP contribution in [0, 0.1) is 13.8 Å². The maximum Gasteiger partial charge on any atom is 0.204 e. The molecule has 0 radical (unpaired) electrons. The van der Waals surface area contributed by atoms with Crippen LogP contribution < -0.4 is 10.2 Å². The van der Waals surface area contributed by atoms with E-state index in [1.165, 1.54) is 0 Å². The Labute approximate surface area is 170 Å². The zero-order chi connectivity index (χ0) is 20.2. The number of benzene rings is 2. The second kappa shape index (κ2) is 6.68. The van der Waals surface area contributed by atoms with E-state index in [4.69, 9.17) is 14.5 Å². The highest BCUT2D eigenvalue weighted by Gasteiger charge is 2.54. The highest BCUT2D eigenvalue weighted by atomic mass is 16.5. The summed E-state index contributed by atoms with van der Waals surface area (Å²) in [6, 6.07) is 10.2. The van der Waals surface area contributed by atoms with Gasteiger partial charge in [-0.25, -0.2) is 4.99 Å². The van der Waals surface area contributed by atoms with E-state index in [2.05, 4.69) is 28.4 Å². The number of carbonyl (C=O) groups excluding carboxylic acids is 1. The predicted octanol–water partition coefficient (Wildman–Crippen LogP) is 3.77. The van der Waals surface area contributed by atoms with Gasteiger partial charge in [0, 0.05) is 49.1 Å².